The molecule has 0 aliphatic carbocycles. The van der Waals surface area contributed by atoms with Crippen LogP contribution in [0.4, 0.5) is 11.6 Å². The zero-order valence-corrected chi connectivity index (χ0v) is 11.4. The van der Waals surface area contributed by atoms with E-state index in [0.29, 0.717) is 11.9 Å². The minimum Gasteiger partial charge on any atom is -0.363 e. The second kappa shape index (κ2) is 5.92. The molecule has 2 rings (SSSR count). The molecule has 0 aliphatic rings. The van der Waals surface area contributed by atoms with Crippen molar-refractivity contribution >= 4 is 29.0 Å². The average molecular weight is 266 g/mol. The number of nitrogen functional groups attached to an aromatic ring is 1. The van der Waals surface area contributed by atoms with Crippen LogP contribution in [0, 0.1) is 0 Å². The first-order chi connectivity index (χ1) is 8.78. The minimum absolute atomic E-state index is 0.376. The van der Waals surface area contributed by atoms with Gasteiger partial charge in [0.05, 0.1) is 6.20 Å². The van der Waals surface area contributed by atoms with Crippen molar-refractivity contribution in [1.29, 1.82) is 0 Å². The van der Waals surface area contributed by atoms with Crippen LogP contribution in [0.5, 0.6) is 0 Å². The van der Waals surface area contributed by atoms with E-state index in [1.54, 1.807) is 6.20 Å². The fourth-order valence-electron chi connectivity index (χ4n) is 1.75. The van der Waals surface area contributed by atoms with Crippen molar-refractivity contribution in [1.82, 2.24) is 14.4 Å². The van der Waals surface area contributed by atoms with Gasteiger partial charge in [0.2, 0.25) is 0 Å². The molecule has 0 saturated heterocycles. The van der Waals surface area contributed by atoms with Crippen LogP contribution in [0.3, 0.4) is 0 Å². The predicted molar refractivity (Wildman–Crippen MR) is 76.9 cm³/mol. The highest BCUT2D eigenvalue weighted by Crippen LogP contribution is 2.18. The van der Waals surface area contributed by atoms with Gasteiger partial charge in [-0.3, -0.25) is 0 Å². The van der Waals surface area contributed by atoms with Gasteiger partial charge in [-0.2, -0.15) is 11.8 Å². The summed E-state index contributed by atoms with van der Waals surface area (Å²) in [5, 5.41) is 3.42. The summed E-state index contributed by atoms with van der Waals surface area (Å²) in [6.07, 6.45) is 8.57. The average Bonchev–Trinajstić information content (AvgIpc) is 2.86. The van der Waals surface area contributed by atoms with Gasteiger partial charge in [0.1, 0.15) is 0 Å². The molecule has 0 amide bonds. The molecule has 2 heterocycles. The van der Waals surface area contributed by atoms with Gasteiger partial charge in [-0.25, -0.2) is 15.8 Å². The molecule has 6 nitrogen and oxygen atoms in total. The van der Waals surface area contributed by atoms with Crippen LogP contribution in [0.1, 0.15) is 13.3 Å². The number of rotatable bonds is 6. The van der Waals surface area contributed by atoms with Crippen molar-refractivity contribution in [2.75, 3.05) is 22.8 Å². The van der Waals surface area contributed by atoms with Crippen LogP contribution < -0.4 is 16.6 Å². The summed E-state index contributed by atoms with van der Waals surface area (Å²) >= 11 is 1.81. The summed E-state index contributed by atoms with van der Waals surface area (Å²) < 4.78 is 1.90. The molecule has 0 spiro atoms. The van der Waals surface area contributed by atoms with E-state index < -0.39 is 0 Å². The summed E-state index contributed by atoms with van der Waals surface area (Å²) in [7, 11) is 0. The molecule has 0 fully saturated rings. The molecule has 0 saturated carbocycles. The van der Waals surface area contributed by atoms with Gasteiger partial charge < -0.3 is 15.1 Å². The van der Waals surface area contributed by atoms with E-state index in [1.807, 2.05) is 28.6 Å². The van der Waals surface area contributed by atoms with Crippen LogP contribution in [-0.2, 0) is 0 Å². The number of hydrogen-bond donors (Lipinski definition) is 3. The molecular weight excluding hydrogens is 248 g/mol. The Balaban J connectivity index is 2.32. The topological polar surface area (TPSA) is 80.3 Å². The molecule has 1 atom stereocenters. The first-order valence-corrected chi connectivity index (χ1v) is 7.23. The van der Waals surface area contributed by atoms with Crippen LogP contribution >= 0.6 is 11.8 Å². The number of hydrogen-bond acceptors (Lipinski definition) is 6. The van der Waals surface area contributed by atoms with Gasteiger partial charge >= 0.3 is 0 Å². The van der Waals surface area contributed by atoms with E-state index >= 15 is 0 Å². The summed E-state index contributed by atoms with van der Waals surface area (Å²) in [4.78, 5) is 8.73. The molecule has 0 bridgehead atoms. The minimum atomic E-state index is 0.376. The SMILES string of the molecule is CCC(CSC)Nc1nc(NN)cn2ccnc12. The van der Waals surface area contributed by atoms with Crippen molar-refractivity contribution in [3.8, 4) is 0 Å². The lowest BCUT2D eigenvalue weighted by atomic mass is 10.2. The van der Waals surface area contributed by atoms with Crippen molar-refractivity contribution in [2.45, 2.75) is 19.4 Å². The molecule has 0 radical (unpaired) electrons. The van der Waals surface area contributed by atoms with E-state index in [-0.39, 0.29) is 0 Å². The van der Waals surface area contributed by atoms with Crippen LogP contribution in [-0.4, -0.2) is 32.4 Å². The number of fused-ring (bicyclic) bond motifs is 1. The fraction of sp³-hybridized carbons (Fsp3) is 0.455. The smallest absolute Gasteiger partial charge is 0.180 e. The Kier molecular flexibility index (Phi) is 4.27. The number of thioether (sulfide) groups is 1. The number of aromatic nitrogens is 3. The normalized spacial score (nSPS) is 12.6. The summed E-state index contributed by atoms with van der Waals surface area (Å²) in [6, 6.07) is 0.376. The second-order valence-electron chi connectivity index (χ2n) is 3.98. The fourth-order valence-corrected chi connectivity index (χ4v) is 2.48. The van der Waals surface area contributed by atoms with Gasteiger partial charge in [0, 0.05) is 24.2 Å². The van der Waals surface area contributed by atoms with Gasteiger partial charge in [-0.05, 0) is 12.7 Å². The molecule has 4 N–H and O–H groups in total. The van der Waals surface area contributed by atoms with Gasteiger partial charge in [0.25, 0.3) is 0 Å². The predicted octanol–water partition coefficient (Wildman–Crippen LogP) is 1.57. The molecule has 2 aromatic rings. The summed E-state index contributed by atoms with van der Waals surface area (Å²) in [6.45, 7) is 2.15. The highest BCUT2D eigenvalue weighted by atomic mass is 32.2. The Morgan fingerprint density at radius 3 is 3.06 bits per heavy atom. The van der Waals surface area contributed by atoms with Gasteiger partial charge in [0.15, 0.2) is 17.3 Å². The maximum Gasteiger partial charge on any atom is 0.180 e. The second-order valence-corrected chi connectivity index (χ2v) is 4.89. The zero-order valence-electron chi connectivity index (χ0n) is 10.6. The molecule has 18 heavy (non-hydrogen) atoms. The Bertz CT molecular complexity index is 511. The molecular formula is C11H18N6S. The highest BCUT2D eigenvalue weighted by Gasteiger charge is 2.11. The molecule has 7 heteroatoms. The maximum absolute atomic E-state index is 5.42. The number of nitrogens with one attached hydrogen (secondary N) is 2. The monoisotopic (exact) mass is 266 g/mol. The molecule has 98 valence electrons. The number of hydrazine groups is 1. The standard InChI is InChI=1S/C11H18N6S/c1-3-8(7-18-2)14-10-11-13-4-5-17(11)6-9(15-10)16-12/h4-6,8,16H,3,7,12H2,1-2H3,(H,14,15). The third-order valence-electron chi connectivity index (χ3n) is 2.72. The first-order valence-electron chi connectivity index (χ1n) is 5.84. The number of anilines is 2. The van der Waals surface area contributed by atoms with E-state index in [4.69, 9.17) is 5.84 Å². The number of nitrogens with two attached hydrogens (primary N) is 1. The lowest BCUT2D eigenvalue weighted by molar-refractivity contribution is 0.769. The number of imidazole rings is 1. The molecule has 0 aromatic carbocycles. The van der Waals surface area contributed by atoms with Crippen molar-refractivity contribution in [3.05, 3.63) is 18.6 Å². The van der Waals surface area contributed by atoms with Crippen molar-refractivity contribution in [3.63, 3.8) is 0 Å². The molecule has 1 unspecified atom stereocenters. The highest BCUT2D eigenvalue weighted by molar-refractivity contribution is 7.98. The zero-order chi connectivity index (χ0) is 13.0. The van der Waals surface area contributed by atoms with E-state index in [2.05, 4.69) is 33.9 Å². The molecule has 0 aliphatic heterocycles. The Morgan fingerprint density at radius 2 is 2.39 bits per heavy atom. The molecule has 2 aromatic heterocycles. The van der Waals surface area contributed by atoms with Crippen molar-refractivity contribution in [2.24, 2.45) is 5.84 Å². The van der Waals surface area contributed by atoms with E-state index in [1.165, 1.54) is 0 Å². The van der Waals surface area contributed by atoms with Crippen molar-refractivity contribution < 1.29 is 0 Å². The largest absolute Gasteiger partial charge is 0.363 e. The summed E-state index contributed by atoms with van der Waals surface area (Å²) in [5.74, 6) is 7.83. The van der Waals surface area contributed by atoms with Crippen LogP contribution in [0.25, 0.3) is 5.65 Å². The maximum atomic E-state index is 5.42. The Hall–Kier alpha value is -1.47. The number of nitrogens with zero attached hydrogens (tertiary/aromatic N) is 3. The van der Waals surface area contributed by atoms with Gasteiger partial charge in [-0.15, -0.1) is 0 Å². The third-order valence-corrected chi connectivity index (χ3v) is 3.46. The van der Waals surface area contributed by atoms with E-state index in [0.717, 1.165) is 23.6 Å². The summed E-state index contributed by atoms with van der Waals surface area (Å²) in [5.41, 5.74) is 3.38. The van der Waals surface area contributed by atoms with Crippen LogP contribution in [0.2, 0.25) is 0 Å². The van der Waals surface area contributed by atoms with Crippen LogP contribution in [0.15, 0.2) is 18.6 Å². The third kappa shape index (κ3) is 2.68. The lowest BCUT2D eigenvalue weighted by Gasteiger charge is -2.17. The van der Waals surface area contributed by atoms with E-state index in [9.17, 15) is 0 Å². The lowest BCUT2D eigenvalue weighted by Crippen LogP contribution is -2.23. The Labute approximate surface area is 110 Å². The Morgan fingerprint density at radius 1 is 1.56 bits per heavy atom. The quantitative estimate of drug-likeness (QED) is 0.544. The van der Waals surface area contributed by atoms with Gasteiger partial charge in [-0.1, -0.05) is 6.92 Å². The first kappa shape index (κ1) is 13.0.